The monoisotopic (exact) mass is 1430 g/mol. The van der Waals surface area contributed by atoms with Crippen LogP contribution in [-0.2, 0) is 28.7 Å². The van der Waals surface area contributed by atoms with E-state index in [-0.39, 0.29) is 28.7 Å². The van der Waals surface area contributed by atoms with Gasteiger partial charge in [-0.3, -0.25) is 19.2 Å². The molecule has 3 aromatic carbocycles. The van der Waals surface area contributed by atoms with Gasteiger partial charge in [0, 0.05) is 141 Å². The van der Waals surface area contributed by atoms with Crippen molar-refractivity contribution in [1.29, 1.82) is 0 Å². The predicted molar refractivity (Wildman–Crippen MR) is 394 cm³/mol. The Kier molecular flexibility index (Phi) is 22.6. The van der Waals surface area contributed by atoms with Gasteiger partial charge < -0.3 is 44.3 Å². The van der Waals surface area contributed by atoms with Crippen LogP contribution in [-0.4, -0.2) is 101 Å². The number of halogens is 5. The molecule has 2 amide bonds. The predicted octanol–water partition coefficient (Wildman–Crippen LogP) is 17.5. The van der Waals surface area contributed by atoms with Gasteiger partial charge in [-0.1, -0.05) is 183 Å². The normalized spacial score (nSPS) is 13.9. The van der Waals surface area contributed by atoms with Crippen LogP contribution in [0.2, 0.25) is 43.2 Å². The summed E-state index contributed by atoms with van der Waals surface area (Å²) in [5, 5.41) is 13.4. The molecule has 13 aromatic rings. The zero-order valence-electron chi connectivity index (χ0n) is 55.2. The van der Waals surface area contributed by atoms with Crippen molar-refractivity contribution in [2.75, 3.05) is 14.1 Å². The van der Waals surface area contributed by atoms with Crippen LogP contribution >= 0.6 is 58.0 Å². The zero-order valence-corrected chi connectivity index (χ0v) is 60.0. The van der Waals surface area contributed by atoms with E-state index >= 15 is 0 Å². The van der Waals surface area contributed by atoms with Crippen molar-refractivity contribution in [3.63, 3.8) is 0 Å². The third-order valence-corrected chi connectivity index (χ3v) is 24.4. The first-order valence-electron chi connectivity index (χ1n) is 31.5. The molecule has 0 aliphatic carbocycles. The van der Waals surface area contributed by atoms with Gasteiger partial charge >= 0.3 is 11.9 Å². The van der Waals surface area contributed by atoms with E-state index in [0.717, 1.165) is 82.0 Å². The second-order valence-electron chi connectivity index (χ2n) is 25.1. The van der Waals surface area contributed by atoms with Gasteiger partial charge in [0.1, 0.15) is 28.2 Å². The fourth-order valence-electron chi connectivity index (χ4n) is 11.6. The van der Waals surface area contributed by atoms with Crippen LogP contribution in [0.15, 0.2) is 195 Å². The van der Waals surface area contributed by atoms with Crippen molar-refractivity contribution < 1.29 is 28.7 Å². The lowest BCUT2D eigenvalue weighted by Gasteiger charge is -2.38. The molecule has 1 fully saturated rings. The lowest BCUT2D eigenvalue weighted by molar-refractivity contribution is -0.240. The topological polar surface area (TPSA) is 243 Å². The van der Waals surface area contributed by atoms with Gasteiger partial charge in [0.15, 0.2) is 14.2 Å². The summed E-state index contributed by atoms with van der Waals surface area (Å²) in [5.74, 6) is -4.47. The van der Waals surface area contributed by atoms with Crippen molar-refractivity contribution in [2.24, 2.45) is 5.92 Å². The molecular formula is C74H73Cl5N12O6Si. The van der Waals surface area contributed by atoms with E-state index in [1.807, 2.05) is 122 Å². The number of amides is 2. The zero-order chi connectivity index (χ0) is 70.1. The minimum absolute atomic E-state index is 0.0109. The van der Waals surface area contributed by atoms with Crippen molar-refractivity contribution in [3.8, 4) is 0 Å². The average Bonchev–Trinajstić information content (AvgIpc) is 1.49. The Balaban J connectivity index is 0.000000136. The lowest BCUT2D eigenvalue weighted by Crippen LogP contribution is -2.48. The van der Waals surface area contributed by atoms with Gasteiger partial charge in [0.25, 0.3) is 5.79 Å². The van der Waals surface area contributed by atoms with Crippen molar-refractivity contribution in [2.45, 2.75) is 89.1 Å². The van der Waals surface area contributed by atoms with Gasteiger partial charge in [-0.05, 0) is 87.1 Å². The van der Waals surface area contributed by atoms with Gasteiger partial charge in [-0.15, -0.1) is 0 Å². The first-order chi connectivity index (χ1) is 46.9. The number of H-pyrrole nitrogens is 4. The van der Waals surface area contributed by atoms with Crippen LogP contribution in [0.3, 0.4) is 0 Å². The van der Waals surface area contributed by atoms with Crippen LogP contribution in [0.25, 0.3) is 55.2 Å². The van der Waals surface area contributed by atoms with Crippen LogP contribution in [0.5, 0.6) is 0 Å². The molecule has 3 unspecified atom stereocenters. The molecule has 98 heavy (non-hydrogen) atoms. The van der Waals surface area contributed by atoms with Crippen molar-refractivity contribution >= 4 is 145 Å². The standard InChI is InChI=1S/C20H17ClN2O4.2C17H16ClN3O.C13H19ClN2Si.C7H5ClN2/c1-20(2)26-18(24)16(19(25)27-20)14(11-6-4-3-5-7-11)12-10-23-17-15(12)13(21)8-9-22-17;2*1-19-15(22)9-12(11-5-3-2-4-6-11)13-10-21-17-16(13)14(18)7-8-20-17;1-13(2,3)17(4,5)16-9-7-10-11(14)6-8-15-12(10)16;8-6-2-4-10-7-5(6)1-3-9-7/h3-10,14,16H,1-2H3,(H,22,23);2*2-8,10,12H,9H2,1H3,(H,19,22)(H,20,21);6-9H,1-5H3;1-4H,(H,9,10). The number of hydrogen-bond donors (Lipinski definition) is 6. The number of hydrogen-bond acceptors (Lipinski definition) is 11. The molecule has 0 spiro atoms. The third-order valence-electron chi connectivity index (χ3n) is 17.6. The number of pyridine rings is 5. The number of aromatic nitrogens is 10. The van der Waals surface area contributed by atoms with Gasteiger partial charge in [-0.2, -0.15) is 0 Å². The summed E-state index contributed by atoms with van der Waals surface area (Å²) in [7, 11) is 1.67. The molecule has 1 saturated heterocycles. The molecule has 3 atom stereocenters. The quantitative estimate of drug-likeness (QED) is 0.0382. The number of esters is 2. The number of nitrogens with one attached hydrogen (secondary N) is 6. The summed E-state index contributed by atoms with van der Waals surface area (Å²) < 4.78 is 13.1. The second-order valence-corrected chi connectivity index (χ2v) is 32.3. The Bertz CT molecular complexity index is 4780. The first-order valence-corrected chi connectivity index (χ1v) is 36.3. The number of aromatic amines is 4. The van der Waals surface area contributed by atoms with E-state index in [4.69, 9.17) is 67.5 Å². The highest BCUT2D eigenvalue weighted by Gasteiger charge is 2.49. The van der Waals surface area contributed by atoms with E-state index in [1.54, 1.807) is 75.5 Å². The van der Waals surface area contributed by atoms with Gasteiger partial charge in [-0.25, -0.2) is 24.9 Å². The molecule has 14 rings (SSSR count). The van der Waals surface area contributed by atoms with E-state index in [1.165, 1.54) is 13.8 Å². The largest absolute Gasteiger partial charge is 0.422 e. The fraction of sp³-hybridized carbons (Fsp3) is 0.230. The molecule has 1 aliphatic heterocycles. The molecule has 0 bridgehead atoms. The van der Waals surface area contributed by atoms with Crippen LogP contribution in [0.4, 0.5) is 0 Å². The molecule has 24 heteroatoms. The van der Waals surface area contributed by atoms with E-state index < -0.39 is 37.8 Å². The molecular weight excluding hydrogens is 1360 g/mol. The number of benzene rings is 3. The highest BCUT2D eigenvalue weighted by molar-refractivity contribution is 6.79. The first kappa shape index (κ1) is 71.4. The highest BCUT2D eigenvalue weighted by atomic mass is 35.5. The summed E-state index contributed by atoms with van der Waals surface area (Å²) in [5.41, 5.74) is 9.50. The molecule has 11 heterocycles. The minimum atomic E-state index is -1.62. The summed E-state index contributed by atoms with van der Waals surface area (Å²) in [6, 6.07) is 42.0. The highest BCUT2D eigenvalue weighted by Crippen LogP contribution is 2.44. The molecule has 504 valence electrons. The van der Waals surface area contributed by atoms with E-state index in [2.05, 4.69) is 106 Å². The average molecular weight is 1430 g/mol. The van der Waals surface area contributed by atoms with Crippen molar-refractivity contribution in [3.05, 3.63) is 254 Å². The van der Waals surface area contributed by atoms with Crippen LogP contribution in [0, 0.1) is 5.92 Å². The summed E-state index contributed by atoms with van der Waals surface area (Å²) in [6.45, 7) is 14.7. The van der Waals surface area contributed by atoms with Gasteiger partial charge in [0.2, 0.25) is 11.8 Å². The molecule has 1 aliphatic rings. The summed E-state index contributed by atoms with van der Waals surface area (Å²) in [6.07, 6.45) is 18.6. The minimum Gasteiger partial charge on any atom is -0.422 e. The number of rotatable bonds is 12. The lowest BCUT2D eigenvalue weighted by atomic mass is 9.80. The fourth-order valence-corrected chi connectivity index (χ4v) is 14.7. The molecule has 0 saturated carbocycles. The number of carbonyl (C=O) groups excluding carboxylic acids is 4. The summed E-state index contributed by atoms with van der Waals surface area (Å²) in [4.78, 5) is 83.2. The molecule has 0 radical (unpaired) electrons. The Morgan fingerprint density at radius 3 is 1.34 bits per heavy atom. The maximum Gasteiger partial charge on any atom is 0.324 e. The third kappa shape index (κ3) is 15.9. The Morgan fingerprint density at radius 2 is 0.908 bits per heavy atom. The van der Waals surface area contributed by atoms with Gasteiger partial charge in [0.05, 0.1) is 25.1 Å². The molecule has 18 nitrogen and oxygen atoms in total. The Hall–Kier alpha value is -9.34. The maximum absolute atomic E-state index is 12.8. The van der Waals surface area contributed by atoms with Crippen molar-refractivity contribution in [1.82, 2.24) is 59.7 Å². The SMILES string of the molecule is CC(C)(C)[Si](C)(C)n1ccc2c(Cl)ccnc21.CC1(C)OC(=O)C(C(c2ccccc2)c2c[nH]c3nccc(Cl)c23)C(=O)O1.CNC(=O)CC(c1ccccc1)c1c[nH]c2nccc(Cl)c12.CNC(=O)CC(c1ccccc1)c1c[nH]c2nccc(Cl)c12.Clc1ccnc2[nH]ccc12. The van der Waals surface area contributed by atoms with E-state index in [0.29, 0.717) is 44.5 Å². The number of carbonyl (C=O) groups is 4. The Morgan fingerprint density at radius 1 is 0.520 bits per heavy atom. The van der Waals surface area contributed by atoms with Crippen LogP contribution in [0.1, 0.15) is 98.6 Å². The second kappa shape index (κ2) is 31.0. The number of ether oxygens (including phenoxy) is 2. The number of nitrogens with zero attached hydrogens (tertiary/aromatic N) is 6. The molecule has 6 N–H and O–H groups in total. The number of cyclic esters (lactones) is 2. The molecule has 10 aromatic heterocycles. The maximum atomic E-state index is 12.8. The van der Waals surface area contributed by atoms with Crippen LogP contribution < -0.4 is 10.6 Å². The number of fused-ring (bicyclic) bond motifs is 5. The van der Waals surface area contributed by atoms with E-state index in [9.17, 15) is 19.2 Å². The Labute approximate surface area is 592 Å². The smallest absolute Gasteiger partial charge is 0.324 e. The summed E-state index contributed by atoms with van der Waals surface area (Å²) >= 11 is 31.1.